The number of aliphatic hydroxyl groups excluding tert-OH is 1. The van der Waals surface area contributed by atoms with Crippen molar-refractivity contribution >= 4 is 0 Å². The average molecular weight is 262 g/mol. The maximum Gasteiger partial charge on any atom is 0.389 e. The molecule has 0 amide bonds. The molecule has 0 spiro atoms. The minimum absolute atomic E-state index is 0.0825. The fourth-order valence-corrected chi connectivity index (χ4v) is 1.71. The second-order valence-corrected chi connectivity index (χ2v) is 4.25. The lowest BCUT2D eigenvalue weighted by Gasteiger charge is -2.14. The van der Waals surface area contributed by atoms with Gasteiger partial charge >= 0.3 is 6.18 Å². The van der Waals surface area contributed by atoms with Crippen LogP contribution in [0.25, 0.3) is 0 Å². The van der Waals surface area contributed by atoms with Crippen molar-refractivity contribution in [2.75, 3.05) is 7.11 Å². The quantitative estimate of drug-likeness (QED) is 0.875. The Hall–Kier alpha value is -1.23. The second kappa shape index (κ2) is 6.09. The zero-order valence-electron chi connectivity index (χ0n) is 10.4. The van der Waals surface area contributed by atoms with Crippen molar-refractivity contribution in [3.05, 3.63) is 29.3 Å². The number of halogens is 3. The number of rotatable bonds is 5. The molecule has 0 heterocycles. The third-order valence-corrected chi connectivity index (χ3v) is 2.75. The molecule has 2 nitrogen and oxygen atoms in total. The molecule has 0 fully saturated rings. The molecule has 1 aromatic rings. The highest BCUT2D eigenvalue weighted by atomic mass is 19.4. The highest BCUT2D eigenvalue weighted by Gasteiger charge is 2.26. The van der Waals surface area contributed by atoms with Gasteiger partial charge in [0.05, 0.1) is 13.2 Å². The first-order valence-electron chi connectivity index (χ1n) is 5.73. The summed E-state index contributed by atoms with van der Waals surface area (Å²) in [6.45, 7) is 1.86. The van der Waals surface area contributed by atoms with Crippen LogP contribution in [0, 0.1) is 6.92 Å². The fourth-order valence-electron chi connectivity index (χ4n) is 1.71. The van der Waals surface area contributed by atoms with Gasteiger partial charge in [-0.2, -0.15) is 13.2 Å². The summed E-state index contributed by atoms with van der Waals surface area (Å²) in [4.78, 5) is 0. The zero-order valence-corrected chi connectivity index (χ0v) is 10.4. The van der Waals surface area contributed by atoms with E-state index in [0.29, 0.717) is 11.3 Å². The van der Waals surface area contributed by atoms with E-state index in [1.54, 1.807) is 18.2 Å². The lowest BCUT2D eigenvalue weighted by Crippen LogP contribution is -2.08. The monoisotopic (exact) mass is 262 g/mol. The molecule has 5 heteroatoms. The third-order valence-electron chi connectivity index (χ3n) is 2.75. The lowest BCUT2D eigenvalue weighted by molar-refractivity contribution is -0.136. The van der Waals surface area contributed by atoms with E-state index < -0.39 is 18.7 Å². The largest absolute Gasteiger partial charge is 0.496 e. The van der Waals surface area contributed by atoms with Crippen LogP contribution in [-0.2, 0) is 0 Å². The minimum Gasteiger partial charge on any atom is -0.496 e. The van der Waals surface area contributed by atoms with Crippen LogP contribution in [0.1, 0.15) is 36.5 Å². The normalized spacial score (nSPS) is 13.4. The number of ether oxygens (including phenoxy) is 1. The molecular formula is C13H17F3O2. The molecule has 1 aromatic carbocycles. The van der Waals surface area contributed by atoms with Gasteiger partial charge in [-0.05, 0) is 37.0 Å². The van der Waals surface area contributed by atoms with Gasteiger partial charge in [0.25, 0.3) is 0 Å². The Morgan fingerprint density at radius 3 is 2.56 bits per heavy atom. The molecule has 102 valence electrons. The van der Waals surface area contributed by atoms with E-state index in [1.807, 2.05) is 6.92 Å². The summed E-state index contributed by atoms with van der Waals surface area (Å²) in [5.74, 6) is 0.627. The van der Waals surface area contributed by atoms with E-state index in [9.17, 15) is 18.3 Å². The van der Waals surface area contributed by atoms with Crippen molar-refractivity contribution in [1.29, 1.82) is 0 Å². The van der Waals surface area contributed by atoms with Gasteiger partial charge in [-0.15, -0.1) is 0 Å². The first kappa shape index (κ1) is 14.8. The summed E-state index contributed by atoms with van der Waals surface area (Å²) in [5, 5.41) is 9.81. The van der Waals surface area contributed by atoms with Crippen molar-refractivity contribution in [3.63, 3.8) is 0 Å². The highest BCUT2D eigenvalue weighted by molar-refractivity contribution is 5.37. The standard InChI is InChI=1S/C13H17F3O2/c1-9-5-6-10(8-12(9)18-2)11(17)4-3-7-13(14,15)16/h5-6,8,11,17H,3-4,7H2,1-2H3. The van der Waals surface area contributed by atoms with E-state index in [1.165, 1.54) is 7.11 Å². The second-order valence-electron chi connectivity index (χ2n) is 4.25. The number of aliphatic hydroxyl groups is 1. The maximum absolute atomic E-state index is 12.0. The number of methoxy groups -OCH3 is 1. The summed E-state index contributed by atoms with van der Waals surface area (Å²) >= 11 is 0. The van der Waals surface area contributed by atoms with Gasteiger partial charge in [-0.3, -0.25) is 0 Å². The van der Waals surface area contributed by atoms with Crippen molar-refractivity contribution in [2.45, 2.75) is 38.5 Å². The summed E-state index contributed by atoms with van der Waals surface area (Å²) in [7, 11) is 1.52. The molecule has 0 aliphatic heterocycles. The van der Waals surface area contributed by atoms with Crippen molar-refractivity contribution in [2.24, 2.45) is 0 Å². The van der Waals surface area contributed by atoms with Gasteiger partial charge in [0.1, 0.15) is 5.75 Å². The molecule has 1 N–H and O–H groups in total. The Labute approximate surface area is 104 Å². The molecule has 0 aliphatic carbocycles. The molecule has 1 atom stereocenters. The van der Waals surface area contributed by atoms with Crippen LogP contribution in [0.5, 0.6) is 5.75 Å². The van der Waals surface area contributed by atoms with Crippen LogP contribution in [0.4, 0.5) is 13.2 Å². The predicted octanol–water partition coefficient (Wildman–Crippen LogP) is 3.77. The SMILES string of the molecule is COc1cc(C(O)CCCC(F)(F)F)ccc1C. The minimum atomic E-state index is -4.16. The van der Waals surface area contributed by atoms with E-state index in [2.05, 4.69) is 0 Å². The van der Waals surface area contributed by atoms with Crippen LogP contribution in [0.3, 0.4) is 0 Å². The van der Waals surface area contributed by atoms with Crippen LogP contribution in [-0.4, -0.2) is 18.4 Å². The summed E-state index contributed by atoms with van der Waals surface area (Å²) in [6, 6.07) is 5.14. The van der Waals surface area contributed by atoms with Gasteiger partial charge in [-0.25, -0.2) is 0 Å². The molecule has 0 saturated carbocycles. The van der Waals surface area contributed by atoms with E-state index in [0.717, 1.165) is 5.56 Å². The number of aryl methyl sites for hydroxylation is 1. The maximum atomic E-state index is 12.0. The third kappa shape index (κ3) is 4.56. The average Bonchev–Trinajstić information content (AvgIpc) is 2.27. The van der Waals surface area contributed by atoms with Crippen molar-refractivity contribution in [3.8, 4) is 5.75 Å². The predicted molar refractivity (Wildman–Crippen MR) is 62.6 cm³/mol. The van der Waals surface area contributed by atoms with Crippen molar-refractivity contribution < 1.29 is 23.0 Å². The number of hydrogen-bond donors (Lipinski definition) is 1. The van der Waals surface area contributed by atoms with Gasteiger partial charge in [0.2, 0.25) is 0 Å². The van der Waals surface area contributed by atoms with Crippen LogP contribution < -0.4 is 4.74 Å². The molecule has 18 heavy (non-hydrogen) atoms. The first-order chi connectivity index (χ1) is 8.33. The Bertz CT molecular complexity index is 388. The Kier molecular flexibility index (Phi) is 5.02. The van der Waals surface area contributed by atoms with E-state index >= 15 is 0 Å². The molecule has 0 bridgehead atoms. The van der Waals surface area contributed by atoms with Crippen LogP contribution >= 0.6 is 0 Å². The van der Waals surface area contributed by atoms with Gasteiger partial charge in [-0.1, -0.05) is 12.1 Å². The molecule has 0 saturated heterocycles. The number of hydrogen-bond acceptors (Lipinski definition) is 2. The Balaban J connectivity index is 2.59. The highest BCUT2D eigenvalue weighted by Crippen LogP contribution is 2.28. The van der Waals surface area contributed by atoms with E-state index in [4.69, 9.17) is 4.74 Å². The molecule has 0 aliphatic rings. The van der Waals surface area contributed by atoms with E-state index in [-0.39, 0.29) is 12.8 Å². The number of alkyl halides is 3. The first-order valence-corrected chi connectivity index (χ1v) is 5.73. The summed E-state index contributed by atoms with van der Waals surface area (Å²) < 4.78 is 41.0. The van der Waals surface area contributed by atoms with Crippen LogP contribution in [0.2, 0.25) is 0 Å². The number of benzene rings is 1. The van der Waals surface area contributed by atoms with Gasteiger partial charge < -0.3 is 9.84 Å². The molecular weight excluding hydrogens is 245 g/mol. The summed E-state index contributed by atoms with van der Waals surface area (Å²) in [5.41, 5.74) is 1.50. The van der Waals surface area contributed by atoms with Gasteiger partial charge in [0, 0.05) is 6.42 Å². The molecule has 1 unspecified atom stereocenters. The Morgan fingerprint density at radius 2 is 2.00 bits per heavy atom. The zero-order chi connectivity index (χ0) is 13.8. The van der Waals surface area contributed by atoms with Crippen molar-refractivity contribution in [1.82, 2.24) is 0 Å². The van der Waals surface area contributed by atoms with Gasteiger partial charge in [0.15, 0.2) is 0 Å². The van der Waals surface area contributed by atoms with Crippen LogP contribution in [0.15, 0.2) is 18.2 Å². The summed E-state index contributed by atoms with van der Waals surface area (Å²) in [6.07, 6.45) is -5.91. The molecule has 0 aromatic heterocycles. The fraction of sp³-hybridized carbons (Fsp3) is 0.538. The lowest BCUT2D eigenvalue weighted by atomic mass is 10.0. The topological polar surface area (TPSA) is 29.5 Å². The Morgan fingerprint density at radius 1 is 1.33 bits per heavy atom. The molecule has 1 rings (SSSR count). The molecule has 0 radical (unpaired) electrons. The smallest absolute Gasteiger partial charge is 0.389 e.